The van der Waals surface area contributed by atoms with Gasteiger partial charge in [0.15, 0.2) is 0 Å². The highest BCUT2D eigenvalue weighted by Crippen LogP contribution is 2.26. The molecule has 112 valence electrons. The lowest BCUT2D eigenvalue weighted by Crippen LogP contribution is -2.43. The van der Waals surface area contributed by atoms with Crippen LogP contribution < -0.4 is 5.32 Å². The number of aliphatic carboxylic acids is 1. The van der Waals surface area contributed by atoms with Crippen LogP contribution >= 0.6 is 15.9 Å². The second kappa shape index (κ2) is 6.71. The SMILES string of the molecule is O=C(O)CN(C(=O)CNC(=O)c1ccc(Br)cc1)C1CC1. The van der Waals surface area contributed by atoms with Crippen molar-refractivity contribution in [2.45, 2.75) is 18.9 Å². The third-order valence-corrected chi connectivity index (χ3v) is 3.65. The maximum absolute atomic E-state index is 12.0. The van der Waals surface area contributed by atoms with E-state index >= 15 is 0 Å². The van der Waals surface area contributed by atoms with Gasteiger partial charge in [0.2, 0.25) is 5.91 Å². The van der Waals surface area contributed by atoms with Crippen LogP contribution in [0, 0.1) is 0 Å². The quantitative estimate of drug-likeness (QED) is 0.804. The predicted molar refractivity (Wildman–Crippen MR) is 78.8 cm³/mol. The van der Waals surface area contributed by atoms with Gasteiger partial charge in [-0.25, -0.2) is 0 Å². The molecule has 21 heavy (non-hydrogen) atoms. The molecule has 0 atom stereocenters. The summed E-state index contributed by atoms with van der Waals surface area (Å²) in [5.74, 6) is -1.78. The van der Waals surface area contributed by atoms with Crippen molar-refractivity contribution in [2.24, 2.45) is 0 Å². The molecule has 0 spiro atoms. The second-order valence-electron chi connectivity index (χ2n) is 4.84. The van der Waals surface area contributed by atoms with Crippen LogP contribution in [0.4, 0.5) is 0 Å². The van der Waals surface area contributed by atoms with Crippen molar-refractivity contribution in [3.05, 3.63) is 34.3 Å². The summed E-state index contributed by atoms with van der Waals surface area (Å²) in [5.41, 5.74) is 0.446. The molecule has 2 rings (SSSR count). The second-order valence-corrected chi connectivity index (χ2v) is 5.75. The van der Waals surface area contributed by atoms with Gasteiger partial charge in [0.05, 0.1) is 6.54 Å². The van der Waals surface area contributed by atoms with E-state index in [9.17, 15) is 14.4 Å². The van der Waals surface area contributed by atoms with E-state index in [1.54, 1.807) is 24.3 Å². The van der Waals surface area contributed by atoms with Crippen LogP contribution in [0.1, 0.15) is 23.2 Å². The molecule has 0 aromatic heterocycles. The van der Waals surface area contributed by atoms with E-state index in [0.29, 0.717) is 5.56 Å². The number of nitrogens with zero attached hydrogens (tertiary/aromatic N) is 1. The van der Waals surface area contributed by atoms with Gasteiger partial charge < -0.3 is 15.3 Å². The highest BCUT2D eigenvalue weighted by Gasteiger charge is 2.33. The van der Waals surface area contributed by atoms with Gasteiger partial charge in [0, 0.05) is 16.1 Å². The number of amides is 2. The van der Waals surface area contributed by atoms with Crippen LogP contribution in [0.3, 0.4) is 0 Å². The molecule has 2 N–H and O–H groups in total. The van der Waals surface area contributed by atoms with E-state index in [0.717, 1.165) is 17.3 Å². The van der Waals surface area contributed by atoms with Crippen molar-refractivity contribution in [1.82, 2.24) is 10.2 Å². The standard InChI is InChI=1S/C14H15BrN2O4/c15-10-3-1-9(2-4-10)14(21)16-7-12(18)17(8-13(19)20)11-5-6-11/h1-4,11H,5-8H2,(H,16,21)(H,19,20). The Balaban J connectivity index is 1.88. The van der Waals surface area contributed by atoms with Crippen LogP contribution in [-0.2, 0) is 9.59 Å². The molecule has 0 bridgehead atoms. The summed E-state index contributed by atoms with van der Waals surface area (Å²) in [6.07, 6.45) is 1.64. The predicted octanol–water partition coefficient (Wildman–Crippen LogP) is 1.25. The monoisotopic (exact) mass is 354 g/mol. The Labute approximate surface area is 130 Å². The van der Waals surface area contributed by atoms with Crippen molar-refractivity contribution in [3.8, 4) is 0 Å². The molecule has 0 unspecified atom stereocenters. The molecule has 0 saturated heterocycles. The zero-order valence-electron chi connectivity index (χ0n) is 11.2. The lowest BCUT2D eigenvalue weighted by Gasteiger charge is -2.20. The highest BCUT2D eigenvalue weighted by molar-refractivity contribution is 9.10. The maximum Gasteiger partial charge on any atom is 0.323 e. The number of rotatable bonds is 6. The lowest BCUT2D eigenvalue weighted by molar-refractivity contribution is -0.144. The fourth-order valence-corrected chi connectivity index (χ4v) is 2.18. The third kappa shape index (κ3) is 4.56. The minimum absolute atomic E-state index is 0.00168. The van der Waals surface area contributed by atoms with Crippen LogP contribution in [0.15, 0.2) is 28.7 Å². The van der Waals surface area contributed by atoms with Crippen molar-refractivity contribution in [2.75, 3.05) is 13.1 Å². The number of carbonyl (C=O) groups excluding carboxylic acids is 2. The van der Waals surface area contributed by atoms with Gasteiger partial charge in [-0.15, -0.1) is 0 Å². The fraction of sp³-hybridized carbons (Fsp3) is 0.357. The minimum atomic E-state index is -1.05. The number of carbonyl (C=O) groups is 3. The summed E-state index contributed by atoms with van der Waals surface area (Å²) in [7, 11) is 0. The number of carboxylic acids is 1. The fourth-order valence-electron chi connectivity index (χ4n) is 1.91. The Kier molecular flexibility index (Phi) is 4.95. The van der Waals surface area contributed by atoms with Gasteiger partial charge in [-0.05, 0) is 37.1 Å². The van der Waals surface area contributed by atoms with Crippen LogP contribution in [0.25, 0.3) is 0 Å². The summed E-state index contributed by atoms with van der Waals surface area (Å²) in [5, 5.41) is 11.3. The smallest absolute Gasteiger partial charge is 0.323 e. The Hall–Kier alpha value is -1.89. The number of benzene rings is 1. The molecular formula is C14H15BrN2O4. The summed E-state index contributed by atoms with van der Waals surface area (Å²) in [4.78, 5) is 35.9. The first kappa shape index (κ1) is 15.5. The molecule has 1 aliphatic rings. The normalized spacial score (nSPS) is 13.6. The van der Waals surface area contributed by atoms with E-state index in [2.05, 4.69) is 21.2 Å². The Morgan fingerprint density at radius 3 is 2.38 bits per heavy atom. The Morgan fingerprint density at radius 2 is 1.86 bits per heavy atom. The van der Waals surface area contributed by atoms with Crippen molar-refractivity contribution >= 4 is 33.7 Å². The molecule has 6 nitrogen and oxygen atoms in total. The number of halogens is 1. The highest BCUT2D eigenvalue weighted by atomic mass is 79.9. The Bertz CT molecular complexity index is 555. The van der Waals surface area contributed by atoms with E-state index in [4.69, 9.17) is 5.11 Å². The van der Waals surface area contributed by atoms with E-state index in [1.807, 2.05) is 0 Å². The molecule has 7 heteroatoms. The molecule has 1 fully saturated rings. The molecule has 0 radical (unpaired) electrons. The third-order valence-electron chi connectivity index (χ3n) is 3.12. The summed E-state index contributed by atoms with van der Waals surface area (Å²) in [6.45, 7) is -0.518. The van der Waals surface area contributed by atoms with E-state index < -0.39 is 5.97 Å². The molecule has 0 heterocycles. The van der Waals surface area contributed by atoms with Crippen LogP contribution in [0.2, 0.25) is 0 Å². The molecule has 1 aliphatic carbocycles. The number of hydrogen-bond acceptors (Lipinski definition) is 3. The lowest BCUT2D eigenvalue weighted by atomic mass is 10.2. The number of nitrogens with one attached hydrogen (secondary N) is 1. The topological polar surface area (TPSA) is 86.7 Å². The average molecular weight is 355 g/mol. The van der Waals surface area contributed by atoms with Gasteiger partial charge in [-0.3, -0.25) is 14.4 Å². The molecule has 2 amide bonds. The molecule has 1 aromatic carbocycles. The van der Waals surface area contributed by atoms with Crippen molar-refractivity contribution < 1.29 is 19.5 Å². The summed E-state index contributed by atoms with van der Waals surface area (Å²) in [6, 6.07) is 6.74. The Morgan fingerprint density at radius 1 is 1.24 bits per heavy atom. The molecular weight excluding hydrogens is 340 g/mol. The van der Waals surface area contributed by atoms with E-state index in [1.165, 1.54) is 4.90 Å². The maximum atomic E-state index is 12.0. The van der Waals surface area contributed by atoms with Gasteiger partial charge in [0.1, 0.15) is 6.54 Å². The zero-order valence-corrected chi connectivity index (χ0v) is 12.8. The molecule has 0 aliphatic heterocycles. The van der Waals surface area contributed by atoms with Gasteiger partial charge in [0.25, 0.3) is 5.91 Å². The summed E-state index contributed by atoms with van der Waals surface area (Å²) >= 11 is 3.27. The number of carboxylic acid groups (broad SMARTS) is 1. The van der Waals surface area contributed by atoms with Gasteiger partial charge in [-0.1, -0.05) is 15.9 Å². The average Bonchev–Trinajstić information content (AvgIpc) is 3.27. The summed E-state index contributed by atoms with van der Waals surface area (Å²) < 4.78 is 0.858. The van der Waals surface area contributed by atoms with E-state index in [-0.39, 0.29) is 30.9 Å². The first-order valence-corrected chi connectivity index (χ1v) is 7.31. The van der Waals surface area contributed by atoms with Gasteiger partial charge in [-0.2, -0.15) is 0 Å². The van der Waals surface area contributed by atoms with Crippen LogP contribution in [-0.4, -0.2) is 46.9 Å². The van der Waals surface area contributed by atoms with Gasteiger partial charge >= 0.3 is 5.97 Å². The zero-order chi connectivity index (χ0) is 15.4. The first-order chi connectivity index (χ1) is 9.97. The number of hydrogen-bond donors (Lipinski definition) is 2. The minimum Gasteiger partial charge on any atom is -0.480 e. The van der Waals surface area contributed by atoms with Crippen molar-refractivity contribution in [3.63, 3.8) is 0 Å². The first-order valence-electron chi connectivity index (χ1n) is 6.52. The largest absolute Gasteiger partial charge is 0.480 e. The molecule has 1 aromatic rings. The van der Waals surface area contributed by atoms with Crippen LogP contribution in [0.5, 0.6) is 0 Å². The molecule has 1 saturated carbocycles. The van der Waals surface area contributed by atoms with Crippen molar-refractivity contribution in [1.29, 1.82) is 0 Å².